The predicted molar refractivity (Wildman–Crippen MR) is 84.7 cm³/mol. The fraction of sp³-hybridized carbons (Fsp3) is 0.389. The van der Waals surface area contributed by atoms with Gasteiger partial charge in [0.1, 0.15) is 5.75 Å². The highest BCUT2D eigenvalue weighted by Crippen LogP contribution is 2.44. The van der Waals surface area contributed by atoms with Crippen LogP contribution in [0.25, 0.3) is 11.1 Å². The fourth-order valence-corrected chi connectivity index (χ4v) is 2.77. The summed E-state index contributed by atoms with van der Waals surface area (Å²) in [5, 5.41) is 9.77. The molecule has 24 heavy (non-hydrogen) atoms. The Morgan fingerprint density at radius 1 is 1.17 bits per heavy atom. The topological polar surface area (TPSA) is 42.6 Å². The van der Waals surface area contributed by atoms with Crippen molar-refractivity contribution in [3.8, 4) is 16.9 Å². The summed E-state index contributed by atoms with van der Waals surface area (Å²) >= 11 is 0. The van der Waals surface area contributed by atoms with Crippen LogP contribution in [0.3, 0.4) is 0 Å². The molecule has 0 saturated carbocycles. The van der Waals surface area contributed by atoms with E-state index in [1.807, 2.05) is 0 Å². The van der Waals surface area contributed by atoms with Gasteiger partial charge in [0.2, 0.25) is 0 Å². The number of halogens is 3. The fourth-order valence-electron chi connectivity index (χ4n) is 2.77. The van der Waals surface area contributed by atoms with E-state index < -0.39 is 23.6 Å². The van der Waals surface area contributed by atoms with Crippen molar-refractivity contribution in [2.45, 2.75) is 37.5 Å². The highest BCUT2D eigenvalue weighted by molar-refractivity contribution is 5.65. The Morgan fingerprint density at radius 3 is 2.33 bits per heavy atom. The maximum absolute atomic E-state index is 13.0. The van der Waals surface area contributed by atoms with Gasteiger partial charge < -0.3 is 14.3 Å². The van der Waals surface area contributed by atoms with E-state index in [0.29, 0.717) is 11.3 Å². The van der Waals surface area contributed by atoms with E-state index in [0.717, 1.165) is 11.1 Å². The quantitative estimate of drug-likeness (QED) is 0.853. The zero-order valence-electron chi connectivity index (χ0n) is 13.8. The van der Waals surface area contributed by atoms with Crippen molar-refractivity contribution in [2.75, 3.05) is 7.11 Å². The Hall–Kier alpha value is -1.95. The van der Waals surface area contributed by atoms with Crippen LogP contribution in [0.4, 0.5) is 13.2 Å². The van der Waals surface area contributed by atoms with E-state index in [2.05, 4.69) is 6.92 Å². The number of methoxy groups -OCH3 is 1. The smallest absolute Gasteiger partial charge is 0.417 e. The molecule has 0 bridgehead atoms. The van der Waals surface area contributed by atoms with E-state index in [9.17, 15) is 18.3 Å². The van der Waals surface area contributed by atoms with Gasteiger partial charge in [0.05, 0.1) is 19.6 Å². The van der Waals surface area contributed by atoms with E-state index >= 15 is 0 Å². The van der Waals surface area contributed by atoms with Crippen molar-refractivity contribution in [1.29, 1.82) is 0 Å². The van der Waals surface area contributed by atoms with Gasteiger partial charge in [-0.2, -0.15) is 13.2 Å². The molecule has 1 unspecified atom stereocenters. The molecular formula is C18H20F3O3. The van der Waals surface area contributed by atoms with Crippen LogP contribution < -0.4 is 4.74 Å². The van der Waals surface area contributed by atoms with Gasteiger partial charge in [0, 0.05) is 11.1 Å². The lowest BCUT2D eigenvalue weighted by Crippen LogP contribution is -2.46. The zero-order valence-corrected chi connectivity index (χ0v) is 13.8. The molecular weight excluding hydrogens is 321 g/mol. The first-order chi connectivity index (χ1) is 11.0. The molecule has 1 N–H and O–H groups in total. The predicted octanol–water partition coefficient (Wildman–Crippen LogP) is 4.75. The summed E-state index contributed by atoms with van der Waals surface area (Å²) in [6, 6.07) is 6.99. The van der Waals surface area contributed by atoms with Crippen molar-refractivity contribution < 1.29 is 27.4 Å². The molecule has 1 atom stereocenters. The molecule has 0 spiro atoms. The van der Waals surface area contributed by atoms with Gasteiger partial charge in [-0.25, -0.2) is 0 Å². The number of benzene rings is 1. The van der Waals surface area contributed by atoms with Gasteiger partial charge >= 0.3 is 6.18 Å². The molecule has 1 aromatic heterocycles. The minimum Gasteiger partial charge on any atom is -0.496 e. The van der Waals surface area contributed by atoms with Gasteiger partial charge in [-0.15, -0.1) is 0 Å². The average molecular weight is 341 g/mol. The van der Waals surface area contributed by atoms with Crippen molar-refractivity contribution in [2.24, 2.45) is 0 Å². The Balaban J connectivity index is 2.46. The Kier molecular flexibility index (Phi) is 4.72. The molecule has 0 aliphatic carbocycles. The summed E-state index contributed by atoms with van der Waals surface area (Å²) in [5.74, 6) is 0.449. The van der Waals surface area contributed by atoms with Gasteiger partial charge in [-0.1, -0.05) is 19.9 Å². The highest BCUT2D eigenvalue weighted by Gasteiger charge is 2.52. The van der Waals surface area contributed by atoms with Crippen LogP contribution in [0.1, 0.15) is 25.8 Å². The molecule has 0 fully saturated rings. The van der Waals surface area contributed by atoms with E-state index in [1.165, 1.54) is 13.4 Å². The number of hydrogen-bond donors (Lipinski definition) is 1. The van der Waals surface area contributed by atoms with E-state index in [-0.39, 0.29) is 0 Å². The molecule has 2 aromatic rings. The van der Waals surface area contributed by atoms with Crippen molar-refractivity contribution in [3.05, 3.63) is 49.3 Å². The third-order valence-electron chi connectivity index (χ3n) is 4.05. The second-order valence-electron chi connectivity index (χ2n) is 6.52. The molecule has 0 aliphatic heterocycles. The lowest BCUT2D eigenvalue weighted by atomic mass is 9.74. The van der Waals surface area contributed by atoms with Crippen LogP contribution in [0, 0.1) is 6.92 Å². The Morgan fingerprint density at radius 2 is 1.83 bits per heavy atom. The number of rotatable bonds is 5. The standard InChI is InChI=1S/C18H20F3O3/c1-16(2,11-17(3,22)18(19,20)21)14-9-12(5-6-15(14)23-4)13-7-8-24-10-13/h5-10,22H,3,11H2,1-2,4H3. The van der Waals surface area contributed by atoms with Crippen LogP contribution >= 0.6 is 0 Å². The number of hydrogen-bond acceptors (Lipinski definition) is 3. The van der Waals surface area contributed by atoms with Gasteiger partial charge in [0.15, 0.2) is 5.60 Å². The molecule has 6 heteroatoms. The largest absolute Gasteiger partial charge is 0.496 e. The minimum atomic E-state index is -4.82. The Bertz CT molecular complexity index is 686. The summed E-state index contributed by atoms with van der Waals surface area (Å²) in [4.78, 5) is 0. The van der Waals surface area contributed by atoms with Gasteiger partial charge in [0.25, 0.3) is 0 Å². The Labute approximate surface area is 139 Å². The minimum absolute atomic E-state index is 0.449. The number of furan rings is 1. The lowest BCUT2D eigenvalue weighted by molar-refractivity contribution is -0.247. The highest BCUT2D eigenvalue weighted by atomic mass is 19.4. The van der Waals surface area contributed by atoms with Crippen molar-refractivity contribution >= 4 is 0 Å². The zero-order chi connectivity index (χ0) is 18.2. The van der Waals surface area contributed by atoms with E-state index in [4.69, 9.17) is 9.15 Å². The van der Waals surface area contributed by atoms with Crippen molar-refractivity contribution in [1.82, 2.24) is 0 Å². The monoisotopic (exact) mass is 341 g/mol. The number of aliphatic hydroxyl groups is 1. The molecule has 1 heterocycles. The first kappa shape index (κ1) is 18.4. The SMILES string of the molecule is [CH2]C(O)(CC(C)(C)c1cc(-c2ccoc2)ccc1OC)C(F)(F)F. The molecule has 3 nitrogen and oxygen atoms in total. The van der Waals surface area contributed by atoms with Crippen LogP contribution in [0.15, 0.2) is 41.2 Å². The van der Waals surface area contributed by atoms with Crippen molar-refractivity contribution in [3.63, 3.8) is 0 Å². The first-order valence-corrected chi connectivity index (χ1v) is 7.33. The third-order valence-corrected chi connectivity index (χ3v) is 4.05. The molecule has 1 radical (unpaired) electrons. The molecule has 0 aliphatic rings. The van der Waals surface area contributed by atoms with Crippen LogP contribution in [0.2, 0.25) is 0 Å². The summed E-state index contributed by atoms with van der Waals surface area (Å²) < 4.78 is 49.4. The van der Waals surface area contributed by atoms with Crippen LogP contribution in [-0.4, -0.2) is 24.0 Å². The maximum atomic E-state index is 13.0. The molecule has 2 rings (SSSR count). The average Bonchev–Trinajstić information content (AvgIpc) is 2.98. The summed E-state index contributed by atoms with van der Waals surface area (Å²) in [6.45, 7) is 6.19. The summed E-state index contributed by atoms with van der Waals surface area (Å²) in [5.41, 5.74) is -1.94. The molecule has 0 amide bonds. The molecule has 131 valence electrons. The second-order valence-corrected chi connectivity index (χ2v) is 6.52. The summed E-state index contributed by atoms with van der Waals surface area (Å²) in [7, 11) is 1.45. The van der Waals surface area contributed by atoms with E-state index in [1.54, 1.807) is 44.4 Å². The third kappa shape index (κ3) is 3.59. The first-order valence-electron chi connectivity index (χ1n) is 7.33. The maximum Gasteiger partial charge on any atom is 0.417 e. The number of ether oxygens (including phenoxy) is 1. The lowest BCUT2D eigenvalue weighted by Gasteiger charge is -2.36. The second kappa shape index (κ2) is 6.16. The van der Waals surface area contributed by atoms with Crippen LogP contribution in [0.5, 0.6) is 5.75 Å². The van der Waals surface area contributed by atoms with Gasteiger partial charge in [-0.05, 0) is 42.5 Å². The normalized spacial score (nSPS) is 15.2. The molecule has 0 saturated heterocycles. The van der Waals surface area contributed by atoms with Crippen LogP contribution in [-0.2, 0) is 5.41 Å². The van der Waals surface area contributed by atoms with Gasteiger partial charge in [-0.3, -0.25) is 0 Å². The number of alkyl halides is 3. The molecule has 1 aromatic carbocycles. The summed E-state index contributed by atoms with van der Waals surface area (Å²) in [6.07, 6.45) is -2.36.